The number of carboxylic acids is 1. The first-order chi connectivity index (χ1) is 16.6. The summed E-state index contributed by atoms with van der Waals surface area (Å²) in [5.74, 6) is 0.125. The summed E-state index contributed by atoms with van der Waals surface area (Å²) >= 11 is 0. The highest BCUT2D eigenvalue weighted by atomic mass is 16.4. The van der Waals surface area contributed by atoms with Gasteiger partial charge >= 0.3 is 5.97 Å². The van der Waals surface area contributed by atoms with Crippen molar-refractivity contribution in [3.8, 4) is 0 Å². The van der Waals surface area contributed by atoms with E-state index in [1.54, 1.807) is 18.1 Å². The molecule has 2 N–H and O–H groups in total. The van der Waals surface area contributed by atoms with Crippen molar-refractivity contribution >= 4 is 11.8 Å². The molecule has 0 bridgehead atoms. The number of ketones is 1. The van der Waals surface area contributed by atoms with Gasteiger partial charge in [-0.3, -0.25) is 9.59 Å². The zero-order chi connectivity index (χ0) is 26.8. The molecule has 4 aliphatic carbocycles. The topological polar surface area (TPSA) is 74.6 Å². The van der Waals surface area contributed by atoms with Crippen LogP contribution in [0, 0.1) is 45.3 Å². The van der Waals surface area contributed by atoms with Gasteiger partial charge in [0.05, 0.1) is 12.5 Å². The number of rotatable bonds is 7. The molecule has 4 aliphatic rings. The molecular formula is C32H50O4. The lowest BCUT2D eigenvalue weighted by Crippen LogP contribution is -2.55. The van der Waals surface area contributed by atoms with E-state index < -0.39 is 5.97 Å². The standard InChI is InChI=1S/C32H50O4/c1-19(18-28(35)36)21(3)25(33)17-20(2)22-11-15-32(8)24-9-10-26-29(4,5)27(34)13-14-30(26,6)23(24)12-16-31(22,32)7/h19-20,22,26-27,34H,3,9-18H2,1-2,4-8H3,(H,35,36)/t19?,20-,22-,26?,27-,30-,31-,32+/m1/s1. The molecule has 0 spiro atoms. The zero-order valence-electron chi connectivity index (χ0n) is 23.9. The van der Waals surface area contributed by atoms with Crippen molar-refractivity contribution in [2.45, 2.75) is 119 Å². The number of carbonyl (C=O) groups excluding carboxylic acids is 1. The third-order valence-electron chi connectivity index (χ3n) is 12.4. The lowest BCUT2D eigenvalue weighted by atomic mass is 9.43. The second kappa shape index (κ2) is 9.10. The average Bonchev–Trinajstić information content (AvgIpc) is 3.07. The molecule has 4 heteroatoms. The Morgan fingerprint density at radius 1 is 0.944 bits per heavy atom. The molecule has 0 amide bonds. The fraction of sp³-hybridized carbons (Fsp3) is 0.812. The lowest BCUT2D eigenvalue weighted by molar-refractivity contribution is -0.137. The number of fused-ring (bicyclic) bond motifs is 4. The van der Waals surface area contributed by atoms with E-state index in [-0.39, 0.29) is 51.8 Å². The largest absolute Gasteiger partial charge is 0.481 e. The van der Waals surface area contributed by atoms with Crippen LogP contribution in [0.5, 0.6) is 0 Å². The molecule has 0 saturated heterocycles. The van der Waals surface area contributed by atoms with Gasteiger partial charge in [0.1, 0.15) is 0 Å². The van der Waals surface area contributed by atoms with Crippen LogP contribution in [0.3, 0.4) is 0 Å². The van der Waals surface area contributed by atoms with Crippen LogP contribution in [0.1, 0.15) is 113 Å². The van der Waals surface area contributed by atoms with Gasteiger partial charge in [-0.05, 0) is 102 Å². The van der Waals surface area contributed by atoms with Crippen LogP contribution < -0.4 is 0 Å². The monoisotopic (exact) mass is 498 g/mol. The molecule has 0 heterocycles. The number of Topliss-reactive ketones (excluding diaryl/α,β-unsaturated/α-hetero) is 1. The minimum Gasteiger partial charge on any atom is -0.481 e. The predicted octanol–water partition coefficient (Wildman–Crippen LogP) is 7.36. The van der Waals surface area contributed by atoms with Crippen LogP contribution in [-0.2, 0) is 9.59 Å². The number of hydrogen-bond donors (Lipinski definition) is 2. The van der Waals surface area contributed by atoms with Crippen molar-refractivity contribution in [3.05, 3.63) is 23.3 Å². The molecule has 0 radical (unpaired) electrons. The Morgan fingerprint density at radius 3 is 2.25 bits per heavy atom. The number of aliphatic hydroxyl groups is 1. The van der Waals surface area contributed by atoms with E-state index >= 15 is 0 Å². The first-order valence-electron chi connectivity index (χ1n) is 14.4. The van der Waals surface area contributed by atoms with Gasteiger partial charge in [0, 0.05) is 6.42 Å². The van der Waals surface area contributed by atoms with Gasteiger partial charge in [-0.1, -0.05) is 66.2 Å². The van der Waals surface area contributed by atoms with E-state index in [2.05, 4.69) is 48.1 Å². The zero-order valence-corrected chi connectivity index (χ0v) is 23.9. The summed E-state index contributed by atoms with van der Waals surface area (Å²) in [7, 11) is 0. The van der Waals surface area contributed by atoms with Crippen LogP contribution in [0.2, 0.25) is 0 Å². The molecule has 0 aromatic rings. The van der Waals surface area contributed by atoms with Crippen LogP contribution in [0.4, 0.5) is 0 Å². The molecule has 202 valence electrons. The average molecular weight is 499 g/mol. The van der Waals surface area contributed by atoms with E-state index in [1.807, 2.05) is 0 Å². The van der Waals surface area contributed by atoms with Crippen LogP contribution in [0.15, 0.2) is 23.3 Å². The quantitative estimate of drug-likeness (QED) is 0.284. The molecule has 2 fully saturated rings. The Bertz CT molecular complexity index is 975. The summed E-state index contributed by atoms with van der Waals surface area (Å²) in [5.41, 5.74) is 4.41. The first kappa shape index (κ1) is 27.6. The van der Waals surface area contributed by atoms with E-state index in [4.69, 9.17) is 5.11 Å². The highest BCUT2D eigenvalue weighted by Gasteiger charge is 2.63. The van der Waals surface area contributed by atoms with Gasteiger partial charge in [0.25, 0.3) is 0 Å². The molecule has 2 unspecified atom stereocenters. The van der Waals surface area contributed by atoms with Gasteiger partial charge in [-0.2, -0.15) is 0 Å². The Hall–Kier alpha value is -1.42. The molecular weight excluding hydrogens is 448 g/mol. The fourth-order valence-electron chi connectivity index (χ4n) is 9.85. The Balaban J connectivity index is 1.57. The van der Waals surface area contributed by atoms with E-state index in [0.717, 1.165) is 32.1 Å². The number of carbonyl (C=O) groups is 2. The van der Waals surface area contributed by atoms with Crippen LogP contribution in [0.25, 0.3) is 0 Å². The highest BCUT2D eigenvalue weighted by Crippen LogP contribution is 2.72. The number of hydrogen-bond acceptors (Lipinski definition) is 3. The number of carboxylic acid groups (broad SMARTS) is 1. The third kappa shape index (κ3) is 3.96. The molecule has 0 aromatic heterocycles. The van der Waals surface area contributed by atoms with Gasteiger partial charge in [0.2, 0.25) is 0 Å². The van der Waals surface area contributed by atoms with Gasteiger partial charge in [-0.25, -0.2) is 0 Å². The van der Waals surface area contributed by atoms with Crippen LogP contribution >= 0.6 is 0 Å². The summed E-state index contributed by atoms with van der Waals surface area (Å²) in [6.45, 7) is 20.1. The Kier molecular flexibility index (Phi) is 6.98. The molecule has 36 heavy (non-hydrogen) atoms. The predicted molar refractivity (Wildman–Crippen MR) is 144 cm³/mol. The normalized spacial score (nSPS) is 41.1. The van der Waals surface area contributed by atoms with Crippen molar-refractivity contribution in [1.82, 2.24) is 0 Å². The van der Waals surface area contributed by atoms with Crippen molar-refractivity contribution in [2.75, 3.05) is 0 Å². The molecule has 4 rings (SSSR count). The lowest BCUT2D eigenvalue weighted by Gasteiger charge is -2.62. The number of aliphatic carboxylic acids is 1. The summed E-state index contributed by atoms with van der Waals surface area (Å²) in [4.78, 5) is 24.2. The molecule has 0 aromatic carbocycles. The van der Waals surface area contributed by atoms with Crippen molar-refractivity contribution in [1.29, 1.82) is 0 Å². The molecule has 8 atom stereocenters. The number of allylic oxidation sites excluding steroid dienone is 3. The highest BCUT2D eigenvalue weighted by molar-refractivity contribution is 5.95. The minimum absolute atomic E-state index is 0.0390. The van der Waals surface area contributed by atoms with Crippen molar-refractivity contribution in [3.63, 3.8) is 0 Å². The van der Waals surface area contributed by atoms with Crippen LogP contribution in [-0.4, -0.2) is 28.1 Å². The second-order valence-corrected chi connectivity index (χ2v) is 14.4. The third-order valence-corrected chi connectivity index (χ3v) is 12.4. The Labute approximate surface area is 219 Å². The SMILES string of the molecule is C=C(C(=O)C[C@@H](C)[C@H]1CC[C@@]2(C)C3=C(CC[C@]12C)[C@@]1(C)CC[C@@H](O)C(C)(C)C1CC3)C(C)CC(=O)O. The van der Waals surface area contributed by atoms with Crippen molar-refractivity contribution in [2.24, 2.45) is 45.3 Å². The number of aliphatic hydroxyl groups excluding tert-OH is 1. The smallest absolute Gasteiger partial charge is 0.303 e. The van der Waals surface area contributed by atoms with Gasteiger partial charge in [-0.15, -0.1) is 0 Å². The fourth-order valence-corrected chi connectivity index (χ4v) is 9.85. The summed E-state index contributed by atoms with van der Waals surface area (Å²) in [5, 5.41) is 20.0. The van der Waals surface area contributed by atoms with E-state index in [9.17, 15) is 14.7 Å². The summed E-state index contributed by atoms with van der Waals surface area (Å²) < 4.78 is 0. The van der Waals surface area contributed by atoms with E-state index in [0.29, 0.717) is 23.8 Å². The minimum atomic E-state index is -0.880. The molecule has 0 aliphatic heterocycles. The maximum atomic E-state index is 13.1. The molecule has 2 saturated carbocycles. The van der Waals surface area contributed by atoms with E-state index in [1.165, 1.54) is 19.3 Å². The first-order valence-corrected chi connectivity index (χ1v) is 14.4. The maximum absolute atomic E-state index is 13.1. The summed E-state index contributed by atoms with van der Waals surface area (Å²) in [6.07, 6.45) is 9.22. The maximum Gasteiger partial charge on any atom is 0.303 e. The van der Waals surface area contributed by atoms with Gasteiger partial charge in [0.15, 0.2) is 5.78 Å². The molecule has 4 nitrogen and oxygen atoms in total. The summed E-state index contributed by atoms with van der Waals surface area (Å²) in [6, 6.07) is 0. The Morgan fingerprint density at radius 2 is 1.61 bits per heavy atom. The second-order valence-electron chi connectivity index (χ2n) is 14.4. The van der Waals surface area contributed by atoms with Gasteiger partial charge < -0.3 is 10.2 Å². The van der Waals surface area contributed by atoms with Crippen molar-refractivity contribution < 1.29 is 19.8 Å².